The molecule has 0 bridgehead atoms. The van der Waals surface area contributed by atoms with Crippen LogP contribution in [-0.2, 0) is 0 Å². The van der Waals surface area contributed by atoms with E-state index in [9.17, 15) is 0 Å². The fourth-order valence-electron chi connectivity index (χ4n) is 1.93. The molecule has 0 N–H and O–H groups in total. The topological polar surface area (TPSA) is 3.24 Å². The number of rotatable bonds is 1. The SMILES string of the molecule is CCN1C[N+](C)(C)CC1C. The van der Waals surface area contributed by atoms with Crippen LogP contribution in [0.5, 0.6) is 0 Å². The molecule has 10 heavy (non-hydrogen) atoms. The number of nitrogens with zero attached hydrogens (tertiary/aromatic N) is 2. The summed E-state index contributed by atoms with van der Waals surface area (Å²) < 4.78 is 1.16. The van der Waals surface area contributed by atoms with Gasteiger partial charge in [0.1, 0.15) is 6.67 Å². The van der Waals surface area contributed by atoms with Crippen molar-refractivity contribution in [1.82, 2.24) is 4.90 Å². The Balaban J connectivity index is 2.52. The van der Waals surface area contributed by atoms with Crippen LogP contribution in [0.3, 0.4) is 0 Å². The van der Waals surface area contributed by atoms with Crippen LogP contribution in [0.25, 0.3) is 0 Å². The van der Waals surface area contributed by atoms with Gasteiger partial charge in [0.2, 0.25) is 0 Å². The molecule has 60 valence electrons. The lowest BCUT2D eigenvalue weighted by Crippen LogP contribution is -2.38. The Hall–Kier alpha value is -0.0800. The van der Waals surface area contributed by atoms with E-state index in [2.05, 4.69) is 32.8 Å². The van der Waals surface area contributed by atoms with Gasteiger partial charge in [0, 0.05) is 6.54 Å². The maximum Gasteiger partial charge on any atom is 0.135 e. The first-order valence-electron chi connectivity index (χ1n) is 4.11. The monoisotopic (exact) mass is 143 g/mol. The molecule has 2 nitrogen and oxygen atoms in total. The summed E-state index contributed by atoms with van der Waals surface area (Å²) in [6.45, 7) is 8.27. The summed E-state index contributed by atoms with van der Waals surface area (Å²) in [5.74, 6) is 0. The molecule has 1 aliphatic heterocycles. The second-order valence-electron chi connectivity index (χ2n) is 4.01. The zero-order valence-corrected chi connectivity index (χ0v) is 7.59. The number of quaternary nitrogens is 1. The Labute approximate surface area is 64.0 Å². The number of hydrogen-bond donors (Lipinski definition) is 0. The van der Waals surface area contributed by atoms with E-state index in [1.165, 1.54) is 19.8 Å². The van der Waals surface area contributed by atoms with Gasteiger partial charge in [-0.1, -0.05) is 6.92 Å². The summed E-state index contributed by atoms with van der Waals surface area (Å²) in [6.07, 6.45) is 0. The van der Waals surface area contributed by atoms with Gasteiger partial charge < -0.3 is 4.48 Å². The molecule has 0 radical (unpaired) electrons. The van der Waals surface area contributed by atoms with E-state index < -0.39 is 0 Å². The summed E-state index contributed by atoms with van der Waals surface area (Å²) in [4.78, 5) is 2.53. The predicted molar refractivity (Wildman–Crippen MR) is 43.7 cm³/mol. The molecule has 1 fully saturated rings. The summed E-state index contributed by atoms with van der Waals surface area (Å²) in [5, 5.41) is 0. The van der Waals surface area contributed by atoms with Crippen molar-refractivity contribution in [1.29, 1.82) is 0 Å². The van der Waals surface area contributed by atoms with Gasteiger partial charge in [-0.3, -0.25) is 0 Å². The largest absolute Gasteiger partial charge is 0.315 e. The first-order valence-corrected chi connectivity index (χ1v) is 4.11. The summed E-state index contributed by atoms with van der Waals surface area (Å²) >= 11 is 0. The third-order valence-electron chi connectivity index (χ3n) is 2.35. The minimum absolute atomic E-state index is 0.778. The van der Waals surface area contributed by atoms with Gasteiger partial charge in [-0.25, -0.2) is 4.90 Å². The van der Waals surface area contributed by atoms with E-state index in [-0.39, 0.29) is 0 Å². The second kappa shape index (κ2) is 2.51. The van der Waals surface area contributed by atoms with E-state index in [1.807, 2.05) is 0 Å². The summed E-state index contributed by atoms with van der Waals surface area (Å²) in [6, 6.07) is 0.778. The van der Waals surface area contributed by atoms with Crippen molar-refractivity contribution in [2.75, 3.05) is 33.9 Å². The summed E-state index contributed by atoms with van der Waals surface area (Å²) in [5.41, 5.74) is 0. The Morgan fingerprint density at radius 3 is 2.30 bits per heavy atom. The average molecular weight is 143 g/mol. The Morgan fingerprint density at radius 1 is 1.50 bits per heavy atom. The molecule has 1 saturated heterocycles. The fourth-order valence-corrected chi connectivity index (χ4v) is 1.93. The van der Waals surface area contributed by atoms with Crippen LogP contribution in [0.1, 0.15) is 13.8 Å². The molecule has 1 unspecified atom stereocenters. The first-order chi connectivity index (χ1) is 4.55. The van der Waals surface area contributed by atoms with Gasteiger partial charge in [-0.2, -0.15) is 0 Å². The van der Waals surface area contributed by atoms with Gasteiger partial charge >= 0.3 is 0 Å². The highest BCUT2D eigenvalue weighted by atomic mass is 15.5. The van der Waals surface area contributed by atoms with Crippen molar-refractivity contribution in [2.45, 2.75) is 19.9 Å². The molecular formula is C8H19N2+. The highest BCUT2D eigenvalue weighted by Gasteiger charge is 2.33. The minimum atomic E-state index is 0.778. The second-order valence-corrected chi connectivity index (χ2v) is 4.01. The molecule has 1 heterocycles. The van der Waals surface area contributed by atoms with Crippen LogP contribution in [0.2, 0.25) is 0 Å². The van der Waals surface area contributed by atoms with Crippen LogP contribution >= 0.6 is 0 Å². The fraction of sp³-hybridized carbons (Fsp3) is 1.00. The standard InChI is InChI=1S/C8H19N2/c1-5-9-7-10(3,4)6-8(9)2/h8H,5-7H2,1-4H3/q+1. The third-order valence-corrected chi connectivity index (χ3v) is 2.35. The Bertz CT molecular complexity index is 120. The van der Waals surface area contributed by atoms with Gasteiger partial charge in [0.05, 0.1) is 26.7 Å². The van der Waals surface area contributed by atoms with E-state index in [0.29, 0.717) is 0 Å². The zero-order chi connectivity index (χ0) is 7.78. The van der Waals surface area contributed by atoms with Gasteiger partial charge in [0.15, 0.2) is 0 Å². The lowest BCUT2D eigenvalue weighted by molar-refractivity contribution is -0.882. The van der Waals surface area contributed by atoms with Crippen LogP contribution in [0.15, 0.2) is 0 Å². The van der Waals surface area contributed by atoms with Crippen LogP contribution in [0, 0.1) is 0 Å². The third kappa shape index (κ3) is 1.50. The maximum absolute atomic E-state index is 2.53. The molecule has 2 heteroatoms. The number of hydrogen-bond acceptors (Lipinski definition) is 1. The van der Waals surface area contributed by atoms with Crippen LogP contribution in [-0.4, -0.2) is 49.3 Å². The Morgan fingerprint density at radius 2 is 2.10 bits per heavy atom. The van der Waals surface area contributed by atoms with Crippen molar-refractivity contribution < 1.29 is 4.48 Å². The predicted octanol–water partition coefficient (Wildman–Crippen LogP) is 0.744. The highest BCUT2D eigenvalue weighted by molar-refractivity contribution is 4.67. The first kappa shape index (κ1) is 8.02. The van der Waals surface area contributed by atoms with Gasteiger partial charge in [-0.05, 0) is 6.92 Å². The average Bonchev–Trinajstić information content (AvgIpc) is 2.05. The van der Waals surface area contributed by atoms with Crippen molar-refractivity contribution in [3.8, 4) is 0 Å². The molecule has 1 rings (SSSR count). The molecular weight excluding hydrogens is 124 g/mol. The molecule has 0 saturated carbocycles. The van der Waals surface area contributed by atoms with Crippen molar-refractivity contribution in [3.05, 3.63) is 0 Å². The molecule has 1 aliphatic rings. The number of likely N-dealkylation sites (N-methyl/N-ethyl adjacent to an activating group) is 2. The molecule has 0 amide bonds. The summed E-state index contributed by atoms with van der Waals surface area (Å²) in [7, 11) is 4.60. The molecule has 1 atom stereocenters. The maximum atomic E-state index is 2.53. The van der Waals surface area contributed by atoms with Crippen molar-refractivity contribution in [2.24, 2.45) is 0 Å². The van der Waals surface area contributed by atoms with E-state index >= 15 is 0 Å². The van der Waals surface area contributed by atoms with Crippen molar-refractivity contribution >= 4 is 0 Å². The molecule has 0 aliphatic carbocycles. The van der Waals surface area contributed by atoms with Crippen LogP contribution < -0.4 is 0 Å². The Kier molecular flexibility index (Phi) is 2.02. The quantitative estimate of drug-likeness (QED) is 0.489. The molecule has 0 aromatic heterocycles. The molecule has 0 spiro atoms. The minimum Gasteiger partial charge on any atom is -0.315 e. The van der Waals surface area contributed by atoms with E-state index in [0.717, 1.165) is 10.5 Å². The van der Waals surface area contributed by atoms with E-state index in [1.54, 1.807) is 0 Å². The lowest BCUT2D eigenvalue weighted by Gasteiger charge is -2.22. The zero-order valence-electron chi connectivity index (χ0n) is 7.59. The normalized spacial score (nSPS) is 33.0. The smallest absolute Gasteiger partial charge is 0.135 e. The van der Waals surface area contributed by atoms with Crippen molar-refractivity contribution in [3.63, 3.8) is 0 Å². The van der Waals surface area contributed by atoms with Gasteiger partial charge in [0.25, 0.3) is 0 Å². The molecule has 0 aromatic rings. The lowest BCUT2D eigenvalue weighted by atomic mass is 10.3. The van der Waals surface area contributed by atoms with E-state index in [4.69, 9.17) is 0 Å². The molecule has 0 aromatic carbocycles. The van der Waals surface area contributed by atoms with Crippen LogP contribution in [0.4, 0.5) is 0 Å². The highest BCUT2D eigenvalue weighted by Crippen LogP contribution is 2.15. The van der Waals surface area contributed by atoms with Gasteiger partial charge in [-0.15, -0.1) is 0 Å².